The van der Waals surface area contributed by atoms with E-state index in [1.54, 1.807) is 0 Å². The molecule has 0 unspecified atom stereocenters. The van der Waals surface area contributed by atoms with Crippen LogP contribution in [0.1, 0.15) is 51.4 Å². The van der Waals surface area contributed by atoms with Crippen molar-refractivity contribution in [1.29, 1.82) is 0 Å². The minimum Gasteiger partial charge on any atom is -0.369 e. The Bertz CT molecular complexity index is 345. The van der Waals surface area contributed by atoms with E-state index in [4.69, 9.17) is 5.73 Å². The van der Waals surface area contributed by atoms with Crippen LogP contribution >= 0.6 is 0 Å². The maximum Gasteiger partial charge on any atom is 0.471 e. The van der Waals surface area contributed by atoms with Crippen LogP contribution < -0.4 is 11.1 Å². The van der Waals surface area contributed by atoms with Crippen molar-refractivity contribution in [3.05, 3.63) is 0 Å². The highest BCUT2D eigenvalue weighted by atomic mass is 19.4. The number of nitrogens with two attached hydrogens (primary N) is 1. The van der Waals surface area contributed by atoms with Gasteiger partial charge in [0, 0.05) is 6.04 Å². The van der Waals surface area contributed by atoms with E-state index in [2.05, 4.69) is 0 Å². The van der Waals surface area contributed by atoms with E-state index in [1.807, 2.05) is 5.32 Å². The summed E-state index contributed by atoms with van der Waals surface area (Å²) in [6, 6.07) is -0.820. The Morgan fingerprint density at radius 2 is 1.45 bits per heavy atom. The van der Waals surface area contributed by atoms with Crippen molar-refractivity contribution in [2.45, 2.75) is 63.6 Å². The molecule has 0 aliphatic heterocycles. The van der Waals surface area contributed by atoms with Crippen molar-refractivity contribution >= 4 is 11.8 Å². The van der Waals surface area contributed by atoms with Gasteiger partial charge in [-0.15, -0.1) is 0 Å². The number of hydrogen-bond acceptors (Lipinski definition) is 2. The summed E-state index contributed by atoms with van der Waals surface area (Å²) in [4.78, 5) is 22.5. The third-order valence-electron chi connectivity index (χ3n) is 3.71. The monoisotopic (exact) mass is 294 g/mol. The van der Waals surface area contributed by atoms with E-state index < -0.39 is 30.0 Å². The van der Waals surface area contributed by atoms with Crippen LogP contribution in [0.15, 0.2) is 0 Å². The highest BCUT2D eigenvalue weighted by Crippen LogP contribution is 2.23. The molecule has 2 atom stereocenters. The number of amides is 2. The zero-order valence-corrected chi connectivity index (χ0v) is 11.3. The fourth-order valence-electron chi connectivity index (χ4n) is 2.60. The standard InChI is InChI=1S/C13H21F3N2O2/c14-13(15,16)12(20)18-10-8-6-4-2-1-3-5-7-9(10)11(17)19/h9-10H,1-8H2,(H2,17,19)(H,18,20)/t9-,10+/m0/s1. The third-order valence-corrected chi connectivity index (χ3v) is 3.71. The summed E-state index contributed by atoms with van der Waals surface area (Å²) in [7, 11) is 0. The molecule has 0 radical (unpaired) electrons. The quantitative estimate of drug-likeness (QED) is 0.820. The Kier molecular flexibility index (Phi) is 6.29. The molecule has 1 aliphatic carbocycles. The molecule has 1 fully saturated rings. The highest BCUT2D eigenvalue weighted by Gasteiger charge is 2.41. The first-order valence-corrected chi connectivity index (χ1v) is 6.99. The first-order valence-electron chi connectivity index (χ1n) is 6.99. The SMILES string of the molecule is NC(=O)[C@H]1CCCCCCCC[C@H]1NC(=O)C(F)(F)F. The highest BCUT2D eigenvalue weighted by molar-refractivity contribution is 5.83. The Balaban J connectivity index is 2.76. The van der Waals surface area contributed by atoms with Crippen molar-refractivity contribution in [3.63, 3.8) is 0 Å². The van der Waals surface area contributed by atoms with Gasteiger partial charge in [0.25, 0.3) is 0 Å². The maximum absolute atomic E-state index is 12.3. The molecule has 0 aromatic carbocycles. The van der Waals surface area contributed by atoms with Gasteiger partial charge in [-0.3, -0.25) is 9.59 Å². The minimum atomic E-state index is -4.93. The number of primary amides is 1. The summed E-state index contributed by atoms with van der Waals surface area (Å²) < 4.78 is 37.0. The van der Waals surface area contributed by atoms with E-state index in [9.17, 15) is 22.8 Å². The summed E-state index contributed by atoms with van der Waals surface area (Å²) in [6.07, 6.45) is 1.20. The molecule has 1 rings (SSSR count). The largest absolute Gasteiger partial charge is 0.471 e. The summed E-state index contributed by atoms with van der Waals surface area (Å²) in [5.41, 5.74) is 5.28. The van der Waals surface area contributed by atoms with Crippen molar-refractivity contribution in [2.24, 2.45) is 11.7 Å². The van der Waals surface area contributed by atoms with Crippen LogP contribution in [-0.4, -0.2) is 24.0 Å². The summed E-state index contributed by atoms with van der Waals surface area (Å²) in [5, 5.41) is 1.94. The molecular weight excluding hydrogens is 273 g/mol. The van der Waals surface area contributed by atoms with Crippen molar-refractivity contribution in [3.8, 4) is 0 Å². The van der Waals surface area contributed by atoms with Gasteiger partial charge in [-0.2, -0.15) is 13.2 Å². The second kappa shape index (κ2) is 7.50. The molecule has 0 aromatic rings. The molecule has 0 saturated heterocycles. The topological polar surface area (TPSA) is 72.2 Å². The first-order chi connectivity index (χ1) is 9.32. The van der Waals surface area contributed by atoms with Crippen molar-refractivity contribution in [2.75, 3.05) is 0 Å². The van der Waals surface area contributed by atoms with Gasteiger partial charge in [-0.05, 0) is 12.8 Å². The second-order valence-electron chi connectivity index (χ2n) is 5.29. The first kappa shape index (κ1) is 16.8. The van der Waals surface area contributed by atoms with E-state index >= 15 is 0 Å². The van der Waals surface area contributed by atoms with E-state index in [1.165, 1.54) is 0 Å². The van der Waals surface area contributed by atoms with Gasteiger partial charge in [-0.25, -0.2) is 0 Å². The summed E-state index contributed by atoms with van der Waals surface area (Å²) >= 11 is 0. The molecule has 0 aromatic heterocycles. The van der Waals surface area contributed by atoms with Crippen LogP contribution in [0.25, 0.3) is 0 Å². The number of alkyl halides is 3. The molecular formula is C13H21F3N2O2. The van der Waals surface area contributed by atoms with E-state index in [-0.39, 0.29) is 0 Å². The molecule has 20 heavy (non-hydrogen) atoms. The van der Waals surface area contributed by atoms with Crippen LogP contribution in [0.2, 0.25) is 0 Å². The van der Waals surface area contributed by atoms with Crippen LogP contribution in [0.3, 0.4) is 0 Å². The zero-order chi connectivity index (χ0) is 15.2. The molecule has 0 bridgehead atoms. The van der Waals surface area contributed by atoms with Gasteiger partial charge in [0.05, 0.1) is 5.92 Å². The molecule has 7 heteroatoms. The predicted molar refractivity (Wildman–Crippen MR) is 67.6 cm³/mol. The van der Waals surface area contributed by atoms with Gasteiger partial charge in [0.1, 0.15) is 0 Å². The van der Waals surface area contributed by atoms with Crippen LogP contribution in [-0.2, 0) is 9.59 Å². The fourth-order valence-corrected chi connectivity index (χ4v) is 2.60. The van der Waals surface area contributed by atoms with Crippen molar-refractivity contribution in [1.82, 2.24) is 5.32 Å². The number of rotatable bonds is 2. The molecule has 3 N–H and O–H groups in total. The number of halogens is 3. The van der Waals surface area contributed by atoms with Gasteiger partial charge in [-0.1, -0.05) is 38.5 Å². The van der Waals surface area contributed by atoms with Gasteiger partial charge in [0.2, 0.25) is 5.91 Å². The number of carbonyl (C=O) groups excluding carboxylic acids is 2. The Morgan fingerprint density at radius 1 is 0.950 bits per heavy atom. The van der Waals surface area contributed by atoms with Gasteiger partial charge < -0.3 is 11.1 Å². The molecule has 0 heterocycles. The van der Waals surface area contributed by atoms with Crippen LogP contribution in [0.4, 0.5) is 13.2 Å². The lowest BCUT2D eigenvalue weighted by atomic mass is 9.87. The molecule has 2 amide bonds. The average Bonchev–Trinajstić information content (AvgIpc) is 2.35. The lowest BCUT2D eigenvalue weighted by molar-refractivity contribution is -0.175. The molecule has 1 saturated carbocycles. The molecule has 4 nitrogen and oxygen atoms in total. The Labute approximate surface area is 116 Å². The fraction of sp³-hybridized carbons (Fsp3) is 0.846. The molecule has 0 spiro atoms. The van der Waals surface area contributed by atoms with Gasteiger partial charge in [0.15, 0.2) is 0 Å². The molecule has 116 valence electrons. The van der Waals surface area contributed by atoms with Crippen molar-refractivity contribution < 1.29 is 22.8 Å². The lowest BCUT2D eigenvalue weighted by Crippen LogP contribution is -2.49. The Morgan fingerprint density at radius 3 is 1.95 bits per heavy atom. The smallest absolute Gasteiger partial charge is 0.369 e. The molecule has 1 aliphatic rings. The summed E-state index contributed by atoms with van der Waals surface area (Å²) in [5.74, 6) is -3.36. The summed E-state index contributed by atoms with van der Waals surface area (Å²) in [6.45, 7) is 0. The maximum atomic E-state index is 12.3. The third kappa shape index (κ3) is 5.38. The number of nitrogens with one attached hydrogen (secondary N) is 1. The minimum absolute atomic E-state index is 0.357. The van der Waals surface area contributed by atoms with E-state index in [0.29, 0.717) is 19.3 Å². The average molecular weight is 294 g/mol. The lowest BCUT2D eigenvalue weighted by Gasteiger charge is -2.27. The van der Waals surface area contributed by atoms with Crippen LogP contribution in [0.5, 0.6) is 0 Å². The zero-order valence-electron chi connectivity index (χ0n) is 11.3. The van der Waals surface area contributed by atoms with Crippen LogP contribution in [0, 0.1) is 5.92 Å². The van der Waals surface area contributed by atoms with Gasteiger partial charge >= 0.3 is 12.1 Å². The number of carbonyl (C=O) groups is 2. The second-order valence-corrected chi connectivity index (χ2v) is 5.29. The van der Waals surface area contributed by atoms with E-state index in [0.717, 1.165) is 32.1 Å². The number of hydrogen-bond donors (Lipinski definition) is 2. The normalized spacial score (nSPS) is 25.8. The Hall–Kier alpha value is -1.27. The predicted octanol–water partition coefficient (Wildman–Crippen LogP) is 2.27.